The zero-order valence-electron chi connectivity index (χ0n) is 10.6. The van der Waals surface area contributed by atoms with Gasteiger partial charge in [0.25, 0.3) is 0 Å². The second-order valence-corrected chi connectivity index (χ2v) is 7.72. The van der Waals surface area contributed by atoms with Crippen LogP contribution in [0.3, 0.4) is 0 Å². The number of hydrogen-bond acceptors (Lipinski definition) is 1. The second kappa shape index (κ2) is 5.07. The molecule has 0 radical (unpaired) electrons. The van der Waals surface area contributed by atoms with Crippen molar-refractivity contribution < 1.29 is 4.79 Å². The SMILES string of the molecule is CC(C)C=[P+](C)C(C)(C)C(=O)C(C)C. The Morgan fingerprint density at radius 2 is 1.64 bits per heavy atom. The van der Waals surface area contributed by atoms with Crippen LogP contribution in [-0.4, -0.2) is 23.4 Å². The lowest BCUT2D eigenvalue weighted by atomic mass is 9.98. The van der Waals surface area contributed by atoms with Crippen molar-refractivity contribution >= 4 is 19.1 Å². The van der Waals surface area contributed by atoms with Crippen molar-refractivity contribution in [3.8, 4) is 0 Å². The van der Waals surface area contributed by atoms with E-state index >= 15 is 0 Å². The quantitative estimate of drug-likeness (QED) is 0.655. The number of hydrogen-bond donors (Lipinski definition) is 0. The van der Waals surface area contributed by atoms with Crippen molar-refractivity contribution in [3.05, 3.63) is 0 Å². The highest BCUT2D eigenvalue weighted by atomic mass is 31.1. The minimum Gasteiger partial charge on any atom is -0.294 e. The van der Waals surface area contributed by atoms with Gasteiger partial charge in [0.1, 0.15) is 7.55 Å². The van der Waals surface area contributed by atoms with Gasteiger partial charge in [-0.1, -0.05) is 27.7 Å². The summed E-state index contributed by atoms with van der Waals surface area (Å²) in [6, 6.07) is 0. The van der Waals surface area contributed by atoms with Crippen LogP contribution in [0.15, 0.2) is 0 Å². The van der Waals surface area contributed by atoms with E-state index in [1.165, 1.54) is 0 Å². The summed E-state index contributed by atoms with van der Waals surface area (Å²) in [4.78, 5) is 12.0. The lowest BCUT2D eigenvalue weighted by Gasteiger charge is -2.18. The zero-order chi connectivity index (χ0) is 11.5. The Kier molecular flexibility index (Phi) is 5.01. The molecule has 0 aliphatic rings. The normalized spacial score (nSPS) is 13.9. The van der Waals surface area contributed by atoms with Crippen LogP contribution in [-0.2, 0) is 4.79 Å². The van der Waals surface area contributed by atoms with Gasteiger partial charge in [0.2, 0.25) is 0 Å². The molecule has 1 unspecified atom stereocenters. The third kappa shape index (κ3) is 3.53. The highest BCUT2D eigenvalue weighted by Crippen LogP contribution is 2.39. The van der Waals surface area contributed by atoms with Gasteiger partial charge in [-0.15, -0.1) is 0 Å². The molecular formula is C12H24OP+. The Morgan fingerprint density at radius 3 is 1.93 bits per heavy atom. The van der Waals surface area contributed by atoms with E-state index in [1.54, 1.807) is 0 Å². The van der Waals surface area contributed by atoms with Crippen LogP contribution in [0.5, 0.6) is 0 Å². The first kappa shape index (κ1) is 13.8. The second-order valence-electron chi connectivity index (χ2n) is 5.08. The molecule has 1 atom stereocenters. The van der Waals surface area contributed by atoms with Crippen molar-refractivity contribution in [2.45, 2.75) is 46.7 Å². The summed E-state index contributed by atoms with van der Waals surface area (Å²) >= 11 is 0. The third-order valence-corrected chi connectivity index (χ3v) is 5.56. The van der Waals surface area contributed by atoms with E-state index in [0.717, 1.165) is 0 Å². The van der Waals surface area contributed by atoms with Crippen molar-refractivity contribution in [2.24, 2.45) is 11.8 Å². The molecule has 0 saturated carbocycles. The van der Waals surface area contributed by atoms with Gasteiger partial charge in [-0.3, -0.25) is 4.79 Å². The number of ketones is 1. The minimum absolute atomic E-state index is 0.149. The maximum Gasteiger partial charge on any atom is 0.184 e. The first-order chi connectivity index (χ1) is 6.19. The van der Waals surface area contributed by atoms with E-state index in [1.807, 2.05) is 13.8 Å². The molecule has 82 valence electrons. The molecule has 2 heteroatoms. The molecule has 0 bridgehead atoms. The Labute approximate surface area is 89.7 Å². The molecule has 0 aromatic heterocycles. The van der Waals surface area contributed by atoms with Gasteiger partial charge in [0.15, 0.2) is 10.9 Å². The summed E-state index contributed by atoms with van der Waals surface area (Å²) in [6.07, 6.45) is 0. The lowest BCUT2D eigenvalue weighted by Crippen LogP contribution is -2.32. The van der Waals surface area contributed by atoms with Crippen molar-refractivity contribution in [1.82, 2.24) is 0 Å². The average molecular weight is 215 g/mol. The van der Waals surface area contributed by atoms with Gasteiger partial charge >= 0.3 is 0 Å². The first-order valence-electron chi connectivity index (χ1n) is 5.31. The van der Waals surface area contributed by atoms with Crippen LogP contribution in [0, 0.1) is 11.8 Å². The van der Waals surface area contributed by atoms with E-state index in [0.29, 0.717) is 11.7 Å². The smallest absolute Gasteiger partial charge is 0.184 e. The topological polar surface area (TPSA) is 17.1 Å². The van der Waals surface area contributed by atoms with Crippen LogP contribution in [0.1, 0.15) is 41.5 Å². The lowest BCUT2D eigenvalue weighted by molar-refractivity contribution is -0.123. The molecule has 0 aliphatic heterocycles. The molecule has 0 amide bonds. The molecule has 14 heavy (non-hydrogen) atoms. The Balaban J connectivity index is 4.86. The predicted octanol–water partition coefficient (Wildman–Crippen LogP) is 3.56. The summed E-state index contributed by atoms with van der Waals surface area (Å²) in [5, 5.41) is -0.159. The van der Waals surface area contributed by atoms with Crippen LogP contribution in [0.4, 0.5) is 0 Å². The molecule has 0 aromatic carbocycles. The van der Waals surface area contributed by atoms with Gasteiger partial charge in [-0.2, -0.15) is 0 Å². The van der Waals surface area contributed by atoms with E-state index in [-0.39, 0.29) is 18.6 Å². The summed E-state index contributed by atoms with van der Waals surface area (Å²) in [5.41, 5.74) is 0. The average Bonchev–Trinajstić information content (AvgIpc) is 2.01. The molecule has 1 nitrogen and oxygen atoms in total. The number of carbonyl (C=O) groups excluding carboxylic acids is 1. The minimum atomic E-state index is -0.310. The zero-order valence-corrected chi connectivity index (χ0v) is 11.5. The van der Waals surface area contributed by atoms with E-state index in [4.69, 9.17) is 0 Å². The van der Waals surface area contributed by atoms with Crippen molar-refractivity contribution in [1.29, 1.82) is 0 Å². The fraction of sp³-hybridized carbons (Fsp3) is 0.833. The summed E-state index contributed by atoms with van der Waals surface area (Å²) in [5.74, 6) is 3.44. The highest BCUT2D eigenvalue weighted by molar-refractivity contribution is 7.59. The van der Waals surface area contributed by atoms with Crippen LogP contribution in [0.2, 0.25) is 0 Å². The highest BCUT2D eigenvalue weighted by Gasteiger charge is 2.39. The molecule has 0 aliphatic carbocycles. The summed E-state index contributed by atoms with van der Waals surface area (Å²) in [7, 11) is -0.310. The van der Waals surface area contributed by atoms with Crippen LogP contribution in [0.25, 0.3) is 0 Å². The van der Waals surface area contributed by atoms with Crippen molar-refractivity contribution in [3.63, 3.8) is 0 Å². The standard InChI is InChI=1S/C12H24OP/c1-9(2)8-14(7)12(5,6)11(13)10(3)4/h8-10H,1-7H3/q+1. The molecule has 0 N–H and O–H groups in total. The molecule has 0 spiro atoms. The number of carbonyl (C=O) groups is 1. The maximum absolute atomic E-state index is 12.0. The van der Waals surface area contributed by atoms with Gasteiger partial charge in [0.05, 0.1) is 12.5 Å². The Bertz CT molecular complexity index is 237. The first-order valence-corrected chi connectivity index (χ1v) is 7.17. The fourth-order valence-electron chi connectivity index (χ4n) is 1.51. The van der Waals surface area contributed by atoms with E-state index < -0.39 is 0 Å². The molecular weight excluding hydrogens is 191 g/mol. The third-order valence-electron chi connectivity index (χ3n) is 2.53. The molecule has 0 rings (SSSR count). The van der Waals surface area contributed by atoms with Crippen molar-refractivity contribution in [2.75, 3.05) is 6.66 Å². The van der Waals surface area contributed by atoms with E-state index in [2.05, 4.69) is 40.2 Å². The van der Waals surface area contributed by atoms with Gasteiger partial charge < -0.3 is 0 Å². The fourth-order valence-corrected chi connectivity index (χ4v) is 3.39. The molecule has 0 fully saturated rings. The monoisotopic (exact) mass is 215 g/mol. The predicted molar refractivity (Wildman–Crippen MR) is 67.7 cm³/mol. The largest absolute Gasteiger partial charge is 0.294 e. The van der Waals surface area contributed by atoms with E-state index in [9.17, 15) is 4.79 Å². The summed E-state index contributed by atoms with van der Waals surface area (Å²) in [6.45, 7) is 14.7. The van der Waals surface area contributed by atoms with Gasteiger partial charge in [0, 0.05) is 11.8 Å². The maximum atomic E-state index is 12.0. The van der Waals surface area contributed by atoms with Gasteiger partial charge in [-0.05, 0) is 13.8 Å². The number of Topliss-reactive ketones (excluding diaryl/α,β-unsaturated/α-hetero) is 1. The van der Waals surface area contributed by atoms with Crippen LogP contribution >= 0.6 is 7.55 Å². The Hall–Kier alpha value is -0.160. The molecule has 0 saturated heterocycles. The van der Waals surface area contributed by atoms with Gasteiger partial charge in [-0.25, -0.2) is 0 Å². The number of rotatable bonds is 4. The summed E-state index contributed by atoms with van der Waals surface area (Å²) < 4.78 is 0. The molecule has 0 aromatic rings. The Morgan fingerprint density at radius 1 is 1.21 bits per heavy atom. The molecule has 0 heterocycles. The van der Waals surface area contributed by atoms with Crippen LogP contribution < -0.4 is 0 Å².